The summed E-state index contributed by atoms with van der Waals surface area (Å²) in [5.74, 6) is 0.869. The van der Waals surface area contributed by atoms with Crippen LogP contribution in [0.1, 0.15) is 46.1 Å². The van der Waals surface area contributed by atoms with Gasteiger partial charge in [-0.1, -0.05) is 11.2 Å². The first kappa shape index (κ1) is 13.8. The lowest BCUT2D eigenvalue weighted by Gasteiger charge is -2.08. The molecule has 110 valence electrons. The summed E-state index contributed by atoms with van der Waals surface area (Å²) in [5.41, 5.74) is 8.01. The zero-order valence-corrected chi connectivity index (χ0v) is 11.5. The average Bonchev–Trinajstić information content (AvgIpc) is 3.24. The third kappa shape index (κ3) is 2.96. The van der Waals surface area contributed by atoms with Gasteiger partial charge in [-0.15, -0.1) is 0 Å². The number of hydrogen-bond acceptors (Lipinski definition) is 5. The van der Waals surface area contributed by atoms with Gasteiger partial charge in [0.2, 0.25) is 0 Å². The van der Waals surface area contributed by atoms with Crippen LogP contribution in [0.15, 0.2) is 28.8 Å². The molecule has 2 aromatic rings. The minimum Gasteiger partial charge on any atom is -0.392 e. The van der Waals surface area contributed by atoms with Crippen molar-refractivity contribution in [2.45, 2.75) is 31.9 Å². The van der Waals surface area contributed by atoms with Crippen molar-refractivity contribution in [1.29, 1.82) is 0 Å². The minimum absolute atomic E-state index is 0.119. The summed E-state index contributed by atoms with van der Waals surface area (Å²) in [6, 6.07) is 6.94. The van der Waals surface area contributed by atoms with Crippen LogP contribution in [-0.4, -0.2) is 16.2 Å². The van der Waals surface area contributed by atoms with E-state index in [0.29, 0.717) is 23.7 Å². The smallest absolute Gasteiger partial charge is 0.277 e. The fraction of sp³-hybridized carbons (Fsp3) is 0.333. The standard InChI is InChI=1S/C15H17N3O3/c16-7-10-3-4-12(5-11(10)8-19)17-15(20)13-6-14(21-18-13)9-1-2-9/h3-6,9,19H,1-2,7-8,16H2,(H,17,20). The Bertz CT molecular complexity index is 662. The molecule has 6 nitrogen and oxygen atoms in total. The van der Waals surface area contributed by atoms with Gasteiger partial charge in [-0.25, -0.2) is 0 Å². The molecule has 1 aromatic heterocycles. The molecule has 1 amide bonds. The van der Waals surface area contributed by atoms with E-state index in [2.05, 4.69) is 10.5 Å². The molecule has 1 aromatic carbocycles. The Hall–Kier alpha value is -2.18. The van der Waals surface area contributed by atoms with Crippen LogP contribution in [0, 0.1) is 0 Å². The highest BCUT2D eigenvalue weighted by molar-refractivity contribution is 6.02. The van der Waals surface area contributed by atoms with Crippen LogP contribution in [0.2, 0.25) is 0 Å². The number of amides is 1. The van der Waals surface area contributed by atoms with Gasteiger partial charge in [0.1, 0.15) is 5.76 Å². The van der Waals surface area contributed by atoms with E-state index in [-0.39, 0.29) is 18.2 Å². The molecule has 0 saturated heterocycles. The zero-order valence-electron chi connectivity index (χ0n) is 11.5. The first-order chi connectivity index (χ1) is 10.2. The molecule has 0 spiro atoms. The van der Waals surface area contributed by atoms with Crippen molar-refractivity contribution in [2.75, 3.05) is 5.32 Å². The third-order valence-electron chi connectivity index (χ3n) is 3.60. The summed E-state index contributed by atoms with van der Waals surface area (Å²) in [4.78, 5) is 12.1. The molecule has 1 aliphatic rings. The molecule has 4 N–H and O–H groups in total. The molecule has 0 bridgehead atoms. The Labute approximate surface area is 121 Å². The molecule has 0 atom stereocenters. The van der Waals surface area contributed by atoms with E-state index in [1.165, 1.54) is 0 Å². The molecule has 21 heavy (non-hydrogen) atoms. The van der Waals surface area contributed by atoms with Crippen LogP contribution < -0.4 is 11.1 Å². The molecular weight excluding hydrogens is 270 g/mol. The average molecular weight is 287 g/mol. The Morgan fingerprint density at radius 2 is 2.19 bits per heavy atom. The fourth-order valence-corrected chi connectivity index (χ4v) is 2.20. The van der Waals surface area contributed by atoms with Crippen molar-refractivity contribution in [2.24, 2.45) is 5.73 Å². The molecule has 0 unspecified atom stereocenters. The maximum absolute atomic E-state index is 12.1. The normalized spacial score (nSPS) is 14.2. The van der Waals surface area contributed by atoms with E-state index >= 15 is 0 Å². The lowest BCUT2D eigenvalue weighted by atomic mass is 10.1. The summed E-state index contributed by atoms with van der Waals surface area (Å²) in [6.07, 6.45) is 2.19. The topological polar surface area (TPSA) is 101 Å². The Morgan fingerprint density at radius 3 is 2.86 bits per heavy atom. The van der Waals surface area contributed by atoms with Gasteiger partial charge in [-0.3, -0.25) is 4.79 Å². The van der Waals surface area contributed by atoms with Crippen LogP contribution in [0.4, 0.5) is 5.69 Å². The van der Waals surface area contributed by atoms with Gasteiger partial charge in [-0.05, 0) is 36.1 Å². The van der Waals surface area contributed by atoms with Crippen LogP contribution in [0.25, 0.3) is 0 Å². The van der Waals surface area contributed by atoms with Gasteiger partial charge >= 0.3 is 0 Å². The van der Waals surface area contributed by atoms with Gasteiger partial charge in [0.25, 0.3) is 5.91 Å². The van der Waals surface area contributed by atoms with Gasteiger partial charge in [-0.2, -0.15) is 0 Å². The SMILES string of the molecule is NCc1ccc(NC(=O)c2cc(C3CC3)on2)cc1CO. The molecule has 0 radical (unpaired) electrons. The van der Waals surface area contributed by atoms with Crippen molar-refractivity contribution >= 4 is 11.6 Å². The van der Waals surface area contributed by atoms with Crippen molar-refractivity contribution in [3.05, 3.63) is 46.8 Å². The number of benzene rings is 1. The molecular formula is C15H17N3O3. The highest BCUT2D eigenvalue weighted by Crippen LogP contribution is 2.40. The number of carbonyl (C=O) groups is 1. The molecule has 1 saturated carbocycles. The Morgan fingerprint density at radius 1 is 1.38 bits per heavy atom. The highest BCUT2D eigenvalue weighted by atomic mass is 16.5. The van der Waals surface area contributed by atoms with Gasteiger partial charge in [0, 0.05) is 24.2 Å². The molecule has 1 fully saturated rings. The number of nitrogens with zero attached hydrogens (tertiary/aromatic N) is 1. The van der Waals surface area contributed by atoms with E-state index in [9.17, 15) is 9.90 Å². The zero-order chi connectivity index (χ0) is 14.8. The van der Waals surface area contributed by atoms with Crippen molar-refractivity contribution < 1.29 is 14.4 Å². The number of aliphatic hydroxyl groups excluding tert-OH is 1. The lowest BCUT2D eigenvalue weighted by Crippen LogP contribution is -2.13. The van der Waals surface area contributed by atoms with E-state index in [0.717, 1.165) is 24.2 Å². The van der Waals surface area contributed by atoms with E-state index in [1.807, 2.05) is 0 Å². The number of rotatable bonds is 5. The summed E-state index contributed by atoms with van der Waals surface area (Å²) in [6.45, 7) is 0.226. The first-order valence-electron chi connectivity index (χ1n) is 6.92. The number of aromatic nitrogens is 1. The summed E-state index contributed by atoms with van der Waals surface area (Å²) in [5, 5.41) is 15.8. The lowest BCUT2D eigenvalue weighted by molar-refractivity contribution is 0.101. The van der Waals surface area contributed by atoms with Gasteiger partial charge in [0.05, 0.1) is 6.61 Å². The van der Waals surface area contributed by atoms with E-state index in [4.69, 9.17) is 10.3 Å². The Kier molecular flexibility index (Phi) is 3.72. The van der Waals surface area contributed by atoms with E-state index < -0.39 is 0 Å². The summed E-state index contributed by atoms with van der Waals surface area (Å²) < 4.78 is 5.16. The van der Waals surface area contributed by atoms with Crippen LogP contribution in [0.5, 0.6) is 0 Å². The number of hydrogen-bond donors (Lipinski definition) is 3. The quantitative estimate of drug-likeness (QED) is 0.777. The molecule has 6 heteroatoms. The van der Waals surface area contributed by atoms with Crippen molar-refractivity contribution in [1.82, 2.24) is 5.16 Å². The molecule has 3 rings (SSSR count). The van der Waals surface area contributed by atoms with Crippen LogP contribution >= 0.6 is 0 Å². The molecule has 0 aliphatic heterocycles. The second kappa shape index (κ2) is 5.67. The Balaban J connectivity index is 1.74. The summed E-state index contributed by atoms with van der Waals surface area (Å²) >= 11 is 0. The fourth-order valence-electron chi connectivity index (χ4n) is 2.20. The predicted octanol–water partition coefficient (Wildman–Crippen LogP) is 1.76. The minimum atomic E-state index is -0.324. The predicted molar refractivity (Wildman–Crippen MR) is 76.7 cm³/mol. The van der Waals surface area contributed by atoms with Gasteiger partial charge in [0.15, 0.2) is 5.69 Å². The largest absolute Gasteiger partial charge is 0.392 e. The molecule has 1 aliphatic carbocycles. The number of nitrogens with one attached hydrogen (secondary N) is 1. The maximum Gasteiger partial charge on any atom is 0.277 e. The maximum atomic E-state index is 12.1. The second-order valence-electron chi connectivity index (χ2n) is 5.19. The van der Waals surface area contributed by atoms with Crippen molar-refractivity contribution in [3.8, 4) is 0 Å². The highest BCUT2D eigenvalue weighted by Gasteiger charge is 2.28. The first-order valence-corrected chi connectivity index (χ1v) is 6.92. The van der Waals surface area contributed by atoms with E-state index in [1.54, 1.807) is 24.3 Å². The summed E-state index contributed by atoms with van der Waals surface area (Å²) in [7, 11) is 0. The monoisotopic (exact) mass is 287 g/mol. The van der Waals surface area contributed by atoms with Crippen LogP contribution in [0.3, 0.4) is 0 Å². The van der Waals surface area contributed by atoms with Gasteiger partial charge < -0.3 is 20.7 Å². The molecule has 1 heterocycles. The number of nitrogens with two attached hydrogens (primary N) is 1. The third-order valence-corrected chi connectivity index (χ3v) is 3.60. The van der Waals surface area contributed by atoms with Crippen LogP contribution in [-0.2, 0) is 13.2 Å². The second-order valence-corrected chi connectivity index (χ2v) is 5.19. The number of anilines is 1. The van der Waals surface area contributed by atoms with Crippen molar-refractivity contribution in [3.63, 3.8) is 0 Å². The number of aliphatic hydroxyl groups is 1. The number of carbonyl (C=O) groups excluding carboxylic acids is 1.